The Morgan fingerprint density at radius 1 is 1.35 bits per heavy atom. The van der Waals surface area contributed by atoms with E-state index in [9.17, 15) is 4.39 Å². The second-order valence-electron chi connectivity index (χ2n) is 5.90. The number of ether oxygens (including phenoxy) is 2. The van der Waals surface area contributed by atoms with Crippen molar-refractivity contribution in [2.75, 3.05) is 19.0 Å². The van der Waals surface area contributed by atoms with Crippen LogP contribution in [0.2, 0.25) is 0 Å². The molecule has 1 saturated heterocycles. The minimum Gasteiger partial charge on any atom is -0.497 e. The molecule has 1 saturated carbocycles. The van der Waals surface area contributed by atoms with Gasteiger partial charge in [0.05, 0.1) is 24.5 Å². The summed E-state index contributed by atoms with van der Waals surface area (Å²) in [5, 5.41) is 3.16. The number of nitrogens with one attached hydrogen (secondary N) is 1. The average molecular weight is 279 g/mol. The highest BCUT2D eigenvalue weighted by Crippen LogP contribution is 2.43. The fourth-order valence-electron chi connectivity index (χ4n) is 3.42. The van der Waals surface area contributed by atoms with Gasteiger partial charge in [-0.15, -0.1) is 0 Å². The quantitative estimate of drug-likeness (QED) is 0.910. The van der Waals surface area contributed by atoms with Gasteiger partial charge in [0.15, 0.2) is 0 Å². The van der Waals surface area contributed by atoms with Gasteiger partial charge in [0, 0.05) is 12.6 Å². The van der Waals surface area contributed by atoms with Crippen LogP contribution in [-0.4, -0.2) is 25.4 Å². The monoisotopic (exact) mass is 279 g/mol. The van der Waals surface area contributed by atoms with Crippen molar-refractivity contribution in [3.63, 3.8) is 0 Å². The molecular weight excluding hydrogens is 257 g/mol. The molecule has 2 fully saturated rings. The van der Waals surface area contributed by atoms with Crippen molar-refractivity contribution in [2.45, 2.75) is 50.2 Å². The second-order valence-corrected chi connectivity index (χ2v) is 5.90. The number of hydrogen-bond acceptors (Lipinski definition) is 3. The van der Waals surface area contributed by atoms with E-state index in [1.807, 2.05) is 0 Å². The third-order valence-corrected chi connectivity index (χ3v) is 4.55. The zero-order valence-corrected chi connectivity index (χ0v) is 12.0. The Balaban J connectivity index is 1.57. The van der Waals surface area contributed by atoms with Crippen LogP contribution in [0.25, 0.3) is 0 Å². The molecule has 1 unspecified atom stereocenters. The molecule has 1 spiro atoms. The summed E-state index contributed by atoms with van der Waals surface area (Å²) in [5.74, 6) is 0.410. The predicted octanol–water partition coefficient (Wildman–Crippen LogP) is 3.74. The minimum absolute atomic E-state index is 0.138. The number of hydrogen-bond donors (Lipinski definition) is 1. The second kappa shape index (κ2) is 5.60. The van der Waals surface area contributed by atoms with Crippen molar-refractivity contribution in [3.05, 3.63) is 24.0 Å². The van der Waals surface area contributed by atoms with E-state index < -0.39 is 0 Å². The standard InChI is InChI=1S/C16H22FNO2/c1-19-12-4-5-14(17)15(10-12)18-11-13-6-9-16(20-13)7-2-3-8-16/h4-5,10,13,18H,2-3,6-9,11H2,1H3. The Morgan fingerprint density at radius 3 is 2.90 bits per heavy atom. The maximum Gasteiger partial charge on any atom is 0.146 e. The molecule has 20 heavy (non-hydrogen) atoms. The van der Waals surface area contributed by atoms with E-state index in [0.717, 1.165) is 12.8 Å². The van der Waals surface area contributed by atoms with Crippen LogP contribution in [0.4, 0.5) is 10.1 Å². The van der Waals surface area contributed by atoms with Crippen molar-refractivity contribution < 1.29 is 13.9 Å². The molecular formula is C16H22FNO2. The molecule has 0 bridgehead atoms. The van der Waals surface area contributed by atoms with Crippen molar-refractivity contribution >= 4 is 5.69 Å². The molecule has 3 nitrogen and oxygen atoms in total. The van der Waals surface area contributed by atoms with E-state index in [0.29, 0.717) is 18.0 Å². The van der Waals surface area contributed by atoms with E-state index in [2.05, 4.69) is 5.32 Å². The third-order valence-electron chi connectivity index (χ3n) is 4.55. The number of methoxy groups -OCH3 is 1. The van der Waals surface area contributed by atoms with Gasteiger partial charge in [-0.1, -0.05) is 12.8 Å². The molecule has 4 heteroatoms. The summed E-state index contributed by atoms with van der Waals surface area (Å²) in [6.07, 6.45) is 7.36. The van der Waals surface area contributed by atoms with E-state index in [1.165, 1.54) is 31.7 Å². The molecule has 1 atom stereocenters. The molecule has 1 aliphatic carbocycles. The molecule has 0 radical (unpaired) electrons. The third kappa shape index (κ3) is 2.75. The van der Waals surface area contributed by atoms with Crippen molar-refractivity contribution in [1.29, 1.82) is 0 Å². The molecule has 2 aliphatic rings. The topological polar surface area (TPSA) is 30.5 Å². The molecule has 1 N–H and O–H groups in total. The van der Waals surface area contributed by atoms with Gasteiger partial charge in [0.2, 0.25) is 0 Å². The highest BCUT2D eigenvalue weighted by Gasteiger charge is 2.41. The van der Waals surface area contributed by atoms with Crippen molar-refractivity contribution in [2.24, 2.45) is 0 Å². The van der Waals surface area contributed by atoms with Crippen LogP contribution in [0.15, 0.2) is 18.2 Å². The maximum atomic E-state index is 13.7. The lowest BCUT2D eigenvalue weighted by Crippen LogP contribution is -2.28. The van der Waals surface area contributed by atoms with Gasteiger partial charge in [-0.05, 0) is 37.8 Å². The summed E-state index contributed by atoms with van der Waals surface area (Å²) < 4.78 is 25.0. The molecule has 0 aromatic heterocycles. The fourth-order valence-corrected chi connectivity index (χ4v) is 3.42. The van der Waals surface area contributed by atoms with Gasteiger partial charge < -0.3 is 14.8 Å². The Bertz CT molecular complexity index is 472. The van der Waals surface area contributed by atoms with Gasteiger partial charge in [-0.25, -0.2) is 4.39 Å². The fraction of sp³-hybridized carbons (Fsp3) is 0.625. The lowest BCUT2D eigenvalue weighted by molar-refractivity contribution is -0.0307. The number of rotatable bonds is 4. The van der Waals surface area contributed by atoms with Crippen molar-refractivity contribution in [3.8, 4) is 5.75 Å². The maximum absolute atomic E-state index is 13.7. The van der Waals surface area contributed by atoms with Gasteiger partial charge in [-0.3, -0.25) is 0 Å². The Hall–Kier alpha value is -1.29. The average Bonchev–Trinajstić information content (AvgIpc) is 3.09. The molecule has 0 amide bonds. The molecule has 1 heterocycles. The van der Waals surface area contributed by atoms with Gasteiger partial charge in [0.25, 0.3) is 0 Å². The number of halogens is 1. The minimum atomic E-state index is -0.251. The van der Waals surface area contributed by atoms with E-state index in [1.54, 1.807) is 19.2 Å². The van der Waals surface area contributed by atoms with Gasteiger partial charge in [0.1, 0.15) is 11.6 Å². The number of benzene rings is 1. The summed E-state index contributed by atoms with van der Waals surface area (Å²) in [6.45, 7) is 0.659. The molecule has 3 rings (SSSR count). The highest BCUT2D eigenvalue weighted by molar-refractivity contribution is 5.49. The van der Waals surface area contributed by atoms with Crippen LogP contribution < -0.4 is 10.1 Å². The van der Waals surface area contributed by atoms with Gasteiger partial charge >= 0.3 is 0 Å². The molecule has 1 aromatic rings. The zero-order valence-electron chi connectivity index (χ0n) is 12.0. The van der Waals surface area contributed by atoms with E-state index >= 15 is 0 Å². The molecule has 110 valence electrons. The summed E-state index contributed by atoms with van der Waals surface area (Å²) in [6, 6.07) is 4.74. The van der Waals surface area contributed by atoms with Crippen LogP contribution in [0.1, 0.15) is 38.5 Å². The van der Waals surface area contributed by atoms with Gasteiger partial charge in [-0.2, -0.15) is 0 Å². The summed E-state index contributed by atoms with van der Waals surface area (Å²) in [5.41, 5.74) is 0.625. The first-order valence-corrected chi connectivity index (χ1v) is 7.46. The van der Waals surface area contributed by atoms with Crippen molar-refractivity contribution in [1.82, 2.24) is 0 Å². The first-order valence-electron chi connectivity index (χ1n) is 7.46. The Morgan fingerprint density at radius 2 is 2.15 bits per heavy atom. The normalized spacial score (nSPS) is 24.2. The lowest BCUT2D eigenvalue weighted by Gasteiger charge is -2.24. The number of anilines is 1. The Labute approximate surface area is 119 Å². The van der Waals surface area contributed by atoms with E-state index in [4.69, 9.17) is 9.47 Å². The largest absolute Gasteiger partial charge is 0.497 e. The zero-order chi connectivity index (χ0) is 14.0. The van der Waals surface area contributed by atoms with Crippen LogP contribution in [0.3, 0.4) is 0 Å². The van der Waals surface area contributed by atoms with Crippen LogP contribution in [0, 0.1) is 5.82 Å². The van der Waals surface area contributed by atoms with Crippen LogP contribution in [-0.2, 0) is 4.74 Å². The first-order chi connectivity index (χ1) is 9.71. The van der Waals surface area contributed by atoms with E-state index in [-0.39, 0.29) is 17.5 Å². The molecule has 1 aromatic carbocycles. The highest BCUT2D eigenvalue weighted by atomic mass is 19.1. The lowest BCUT2D eigenvalue weighted by atomic mass is 9.98. The summed E-state index contributed by atoms with van der Waals surface area (Å²) in [7, 11) is 1.58. The van der Waals surface area contributed by atoms with Crippen LogP contribution in [0.5, 0.6) is 5.75 Å². The molecule has 1 aliphatic heterocycles. The summed E-state index contributed by atoms with van der Waals surface area (Å²) in [4.78, 5) is 0. The predicted molar refractivity (Wildman–Crippen MR) is 76.7 cm³/mol. The SMILES string of the molecule is COc1ccc(F)c(NCC2CCC3(CCCC3)O2)c1. The Kier molecular flexibility index (Phi) is 3.83. The van der Waals surface area contributed by atoms with Crippen LogP contribution >= 0.6 is 0 Å². The first kappa shape index (κ1) is 13.7. The smallest absolute Gasteiger partial charge is 0.146 e. The summed E-state index contributed by atoms with van der Waals surface area (Å²) >= 11 is 0.